The van der Waals surface area contributed by atoms with Crippen LogP contribution in [0.4, 0.5) is 5.82 Å². The highest BCUT2D eigenvalue weighted by atomic mass is 16.5. The molecule has 5 nitrogen and oxygen atoms in total. The Hall–Kier alpha value is -1.64. The van der Waals surface area contributed by atoms with Gasteiger partial charge in [0.15, 0.2) is 0 Å². The van der Waals surface area contributed by atoms with E-state index in [0.29, 0.717) is 31.4 Å². The normalized spacial score (nSPS) is 10.4. The number of rotatable bonds is 7. The van der Waals surface area contributed by atoms with Gasteiger partial charge < -0.3 is 14.7 Å². The minimum atomic E-state index is 0.0385. The van der Waals surface area contributed by atoms with Gasteiger partial charge in [-0.3, -0.25) is 0 Å². The number of aliphatic hydroxyl groups excluding tert-OH is 1. The van der Waals surface area contributed by atoms with Gasteiger partial charge in [0.2, 0.25) is 0 Å². The topological polar surface area (TPSA) is 69.4 Å². The van der Waals surface area contributed by atoms with Gasteiger partial charge in [0, 0.05) is 18.8 Å². The van der Waals surface area contributed by atoms with E-state index >= 15 is 0 Å². The lowest BCUT2D eigenvalue weighted by Crippen LogP contribution is -2.34. The van der Waals surface area contributed by atoms with Gasteiger partial charge in [0.1, 0.15) is 11.9 Å². The number of hydrogen-bond acceptors (Lipinski definition) is 5. The molecule has 1 heterocycles. The zero-order chi connectivity index (χ0) is 13.4. The van der Waals surface area contributed by atoms with Crippen LogP contribution in [0.25, 0.3) is 0 Å². The Bertz CT molecular complexity index is 384. The van der Waals surface area contributed by atoms with Gasteiger partial charge in [-0.05, 0) is 26.0 Å². The first kappa shape index (κ1) is 14.4. The largest absolute Gasteiger partial charge is 0.394 e. The quantitative estimate of drug-likeness (QED) is 0.735. The van der Waals surface area contributed by atoms with Gasteiger partial charge in [-0.15, -0.1) is 0 Å². The number of nitriles is 1. The summed E-state index contributed by atoms with van der Waals surface area (Å²) < 4.78 is 5.26. The molecule has 0 amide bonds. The first-order valence-corrected chi connectivity index (χ1v) is 6.00. The van der Waals surface area contributed by atoms with Crippen molar-refractivity contribution < 1.29 is 9.84 Å². The maximum atomic E-state index is 8.73. The van der Waals surface area contributed by atoms with E-state index < -0.39 is 0 Å². The molecule has 0 aliphatic carbocycles. The summed E-state index contributed by atoms with van der Waals surface area (Å²) in [6, 6.07) is 5.94. The molecular weight excluding hydrogens is 230 g/mol. The summed E-state index contributed by atoms with van der Waals surface area (Å²) in [5.41, 5.74) is 0.555. The number of anilines is 1. The van der Waals surface area contributed by atoms with Crippen molar-refractivity contribution in [1.82, 2.24) is 4.98 Å². The third-order valence-electron chi connectivity index (χ3n) is 2.51. The van der Waals surface area contributed by atoms with E-state index in [4.69, 9.17) is 15.1 Å². The summed E-state index contributed by atoms with van der Waals surface area (Å²) in [7, 11) is 0. The molecule has 5 heteroatoms. The van der Waals surface area contributed by atoms with Crippen molar-refractivity contribution in [3.8, 4) is 6.07 Å². The van der Waals surface area contributed by atoms with Crippen molar-refractivity contribution in [3.05, 3.63) is 23.9 Å². The molecule has 0 radical (unpaired) electrons. The third kappa shape index (κ3) is 4.32. The molecule has 1 aromatic rings. The first-order valence-electron chi connectivity index (χ1n) is 6.00. The van der Waals surface area contributed by atoms with E-state index in [9.17, 15) is 0 Å². The van der Waals surface area contributed by atoms with E-state index in [-0.39, 0.29) is 6.61 Å². The Morgan fingerprint density at radius 3 is 2.72 bits per heavy atom. The summed E-state index contributed by atoms with van der Waals surface area (Å²) in [4.78, 5) is 6.36. The number of aliphatic hydroxyl groups is 1. The zero-order valence-electron chi connectivity index (χ0n) is 10.8. The van der Waals surface area contributed by atoms with Crippen molar-refractivity contribution in [2.24, 2.45) is 0 Å². The molecule has 0 spiro atoms. The fraction of sp³-hybridized carbons (Fsp3) is 0.538. The molecule has 0 fully saturated rings. The fourth-order valence-electron chi connectivity index (χ4n) is 1.59. The molecule has 0 bridgehead atoms. The van der Waals surface area contributed by atoms with Gasteiger partial charge in [-0.25, -0.2) is 4.98 Å². The molecule has 0 unspecified atom stereocenters. The van der Waals surface area contributed by atoms with Crippen LogP contribution in [0.2, 0.25) is 0 Å². The maximum absolute atomic E-state index is 8.73. The summed E-state index contributed by atoms with van der Waals surface area (Å²) in [5, 5.41) is 17.4. The minimum Gasteiger partial charge on any atom is -0.394 e. The molecule has 0 saturated heterocycles. The Kier molecular flexibility index (Phi) is 6.12. The highest BCUT2D eigenvalue weighted by Gasteiger charge is 2.11. The van der Waals surface area contributed by atoms with Crippen molar-refractivity contribution >= 4 is 5.82 Å². The molecule has 1 N–H and O–H groups in total. The highest BCUT2D eigenvalue weighted by molar-refractivity contribution is 5.42. The molecule has 0 aromatic carbocycles. The van der Waals surface area contributed by atoms with E-state index in [2.05, 4.69) is 23.7 Å². The predicted molar refractivity (Wildman–Crippen MR) is 69.3 cm³/mol. The lowest BCUT2D eigenvalue weighted by molar-refractivity contribution is 0.0960. The number of aromatic nitrogens is 1. The monoisotopic (exact) mass is 249 g/mol. The first-order chi connectivity index (χ1) is 8.69. The van der Waals surface area contributed by atoms with Crippen molar-refractivity contribution in [2.75, 3.05) is 31.3 Å². The molecule has 0 aliphatic heterocycles. The average molecular weight is 249 g/mol. The molecular formula is C13H19N3O2. The second-order valence-corrected chi connectivity index (χ2v) is 4.14. The van der Waals surface area contributed by atoms with Crippen LogP contribution in [0.3, 0.4) is 0 Å². The van der Waals surface area contributed by atoms with Gasteiger partial charge in [-0.1, -0.05) is 0 Å². The highest BCUT2D eigenvalue weighted by Crippen LogP contribution is 2.13. The smallest absolute Gasteiger partial charge is 0.128 e. The second kappa shape index (κ2) is 7.64. The SMILES string of the molecule is CC(C)N(CCOCCO)c1ccc(C#N)cn1. The van der Waals surface area contributed by atoms with E-state index in [1.165, 1.54) is 0 Å². The summed E-state index contributed by atoms with van der Waals surface area (Å²) in [6.07, 6.45) is 1.57. The van der Waals surface area contributed by atoms with Crippen molar-refractivity contribution in [2.45, 2.75) is 19.9 Å². The average Bonchev–Trinajstić information content (AvgIpc) is 2.39. The van der Waals surface area contributed by atoms with Crippen LogP contribution in [0, 0.1) is 11.3 Å². The van der Waals surface area contributed by atoms with Crippen LogP contribution in [-0.4, -0.2) is 42.5 Å². The molecule has 1 aromatic heterocycles. The molecule has 98 valence electrons. The summed E-state index contributed by atoms with van der Waals surface area (Å²) in [5.74, 6) is 0.830. The number of hydrogen-bond donors (Lipinski definition) is 1. The van der Waals surface area contributed by atoms with Gasteiger partial charge in [0.25, 0.3) is 0 Å². The Labute approximate surface area is 108 Å². The second-order valence-electron chi connectivity index (χ2n) is 4.14. The van der Waals surface area contributed by atoms with Crippen LogP contribution in [0.15, 0.2) is 18.3 Å². The number of nitrogens with zero attached hydrogens (tertiary/aromatic N) is 3. The molecule has 0 aliphatic rings. The van der Waals surface area contributed by atoms with Gasteiger partial charge in [0.05, 0.1) is 25.4 Å². The number of ether oxygens (including phenoxy) is 1. The van der Waals surface area contributed by atoms with Crippen LogP contribution in [0.5, 0.6) is 0 Å². The lowest BCUT2D eigenvalue weighted by Gasteiger charge is -2.27. The Morgan fingerprint density at radius 2 is 2.22 bits per heavy atom. The molecule has 0 saturated carbocycles. The lowest BCUT2D eigenvalue weighted by atomic mass is 10.2. The van der Waals surface area contributed by atoms with E-state index in [1.807, 2.05) is 12.1 Å². The fourth-order valence-corrected chi connectivity index (χ4v) is 1.59. The van der Waals surface area contributed by atoms with Gasteiger partial charge in [-0.2, -0.15) is 5.26 Å². The summed E-state index contributed by atoms with van der Waals surface area (Å²) in [6.45, 7) is 5.79. The van der Waals surface area contributed by atoms with Crippen molar-refractivity contribution in [1.29, 1.82) is 5.26 Å². The zero-order valence-corrected chi connectivity index (χ0v) is 10.8. The van der Waals surface area contributed by atoms with Crippen LogP contribution in [0.1, 0.15) is 19.4 Å². The molecule has 18 heavy (non-hydrogen) atoms. The minimum absolute atomic E-state index is 0.0385. The Balaban J connectivity index is 2.63. The maximum Gasteiger partial charge on any atom is 0.128 e. The predicted octanol–water partition coefficient (Wildman–Crippen LogP) is 1.18. The van der Waals surface area contributed by atoms with Gasteiger partial charge >= 0.3 is 0 Å². The Morgan fingerprint density at radius 1 is 1.44 bits per heavy atom. The van der Waals surface area contributed by atoms with Crippen molar-refractivity contribution in [3.63, 3.8) is 0 Å². The molecule has 0 atom stereocenters. The molecule has 1 rings (SSSR count). The summed E-state index contributed by atoms with van der Waals surface area (Å²) >= 11 is 0. The number of pyridine rings is 1. The van der Waals surface area contributed by atoms with Crippen LogP contribution >= 0.6 is 0 Å². The van der Waals surface area contributed by atoms with Crippen LogP contribution < -0.4 is 4.90 Å². The standard InChI is InChI=1S/C13H19N3O2/c1-11(2)16(5-7-18-8-6-17)13-4-3-12(9-14)10-15-13/h3-4,10-11,17H,5-8H2,1-2H3. The van der Waals surface area contributed by atoms with E-state index in [0.717, 1.165) is 5.82 Å². The van der Waals surface area contributed by atoms with E-state index in [1.54, 1.807) is 12.3 Å². The third-order valence-corrected chi connectivity index (χ3v) is 2.51. The van der Waals surface area contributed by atoms with Crippen LogP contribution in [-0.2, 0) is 4.74 Å².